The monoisotopic (exact) mass is 232 g/mol. The molecule has 17 heavy (non-hydrogen) atoms. The minimum Gasteiger partial charge on any atom is -0.271 e. The summed E-state index contributed by atoms with van der Waals surface area (Å²) in [5.74, 6) is 6.48. The van der Waals surface area contributed by atoms with Crippen molar-refractivity contribution in [3.63, 3.8) is 0 Å². The van der Waals surface area contributed by atoms with Crippen LogP contribution in [-0.4, -0.2) is 0 Å². The fraction of sp³-hybridized carbons (Fsp3) is 0.600. The van der Waals surface area contributed by atoms with Crippen LogP contribution in [0.5, 0.6) is 0 Å². The standard InChI is InChI=1S/C15H24N2/c1-11-8-9-14(10-12(11)2)15(17-16)13-6-4-3-5-7-13/h8-10,13,15,17H,3-7,16H2,1-2H3. The maximum Gasteiger partial charge on any atom is 0.0488 e. The maximum atomic E-state index is 5.77. The van der Waals surface area contributed by atoms with Gasteiger partial charge in [-0.05, 0) is 49.3 Å². The largest absolute Gasteiger partial charge is 0.271 e. The Labute approximate surface area is 105 Å². The molecule has 0 saturated heterocycles. The van der Waals surface area contributed by atoms with Gasteiger partial charge < -0.3 is 0 Å². The SMILES string of the molecule is Cc1ccc(C(NN)C2CCCCC2)cc1C. The second-order valence-electron chi connectivity index (χ2n) is 5.39. The molecule has 0 aliphatic heterocycles. The van der Waals surface area contributed by atoms with Crippen LogP contribution >= 0.6 is 0 Å². The number of rotatable bonds is 3. The van der Waals surface area contributed by atoms with E-state index in [0.717, 1.165) is 0 Å². The minimum absolute atomic E-state index is 0.328. The first-order valence-electron chi connectivity index (χ1n) is 6.75. The van der Waals surface area contributed by atoms with E-state index in [0.29, 0.717) is 12.0 Å². The molecule has 1 saturated carbocycles. The van der Waals surface area contributed by atoms with Crippen LogP contribution in [-0.2, 0) is 0 Å². The van der Waals surface area contributed by atoms with Gasteiger partial charge in [0.2, 0.25) is 0 Å². The third-order valence-electron chi connectivity index (χ3n) is 4.19. The van der Waals surface area contributed by atoms with Crippen LogP contribution in [0.4, 0.5) is 0 Å². The van der Waals surface area contributed by atoms with Gasteiger partial charge in [-0.1, -0.05) is 37.5 Å². The summed E-state index contributed by atoms with van der Waals surface area (Å²) in [6, 6.07) is 7.04. The molecule has 94 valence electrons. The van der Waals surface area contributed by atoms with E-state index in [1.807, 2.05) is 0 Å². The predicted octanol–water partition coefficient (Wildman–Crippen LogP) is 3.39. The number of nitrogens with one attached hydrogen (secondary N) is 1. The van der Waals surface area contributed by atoms with Crippen LogP contribution in [0.2, 0.25) is 0 Å². The van der Waals surface area contributed by atoms with Gasteiger partial charge in [-0.15, -0.1) is 0 Å². The van der Waals surface area contributed by atoms with Crippen molar-refractivity contribution in [2.24, 2.45) is 11.8 Å². The fourth-order valence-electron chi connectivity index (χ4n) is 2.93. The van der Waals surface area contributed by atoms with Gasteiger partial charge >= 0.3 is 0 Å². The fourth-order valence-corrected chi connectivity index (χ4v) is 2.93. The molecule has 3 N–H and O–H groups in total. The Morgan fingerprint density at radius 2 is 1.82 bits per heavy atom. The first-order chi connectivity index (χ1) is 8.22. The molecule has 0 spiro atoms. The third-order valence-corrected chi connectivity index (χ3v) is 4.19. The lowest BCUT2D eigenvalue weighted by Crippen LogP contribution is -2.34. The summed E-state index contributed by atoms with van der Waals surface area (Å²) in [5, 5.41) is 0. The average molecular weight is 232 g/mol. The zero-order valence-electron chi connectivity index (χ0n) is 11.0. The summed E-state index contributed by atoms with van der Waals surface area (Å²) in [4.78, 5) is 0. The second-order valence-corrected chi connectivity index (χ2v) is 5.39. The van der Waals surface area contributed by atoms with Crippen molar-refractivity contribution in [1.29, 1.82) is 0 Å². The van der Waals surface area contributed by atoms with E-state index in [1.165, 1.54) is 48.8 Å². The molecule has 1 atom stereocenters. The Kier molecular flexibility index (Phi) is 4.19. The van der Waals surface area contributed by atoms with Crippen molar-refractivity contribution in [2.75, 3.05) is 0 Å². The lowest BCUT2D eigenvalue weighted by molar-refractivity contribution is 0.273. The molecule has 2 nitrogen and oxygen atoms in total. The van der Waals surface area contributed by atoms with Crippen LogP contribution in [0.15, 0.2) is 18.2 Å². The summed E-state index contributed by atoms with van der Waals surface area (Å²) in [6.07, 6.45) is 6.71. The Morgan fingerprint density at radius 3 is 2.41 bits per heavy atom. The molecule has 1 fully saturated rings. The summed E-state index contributed by atoms with van der Waals surface area (Å²) in [6.45, 7) is 4.33. The van der Waals surface area contributed by atoms with Gasteiger partial charge in [0.05, 0.1) is 0 Å². The van der Waals surface area contributed by atoms with Gasteiger partial charge in [0.15, 0.2) is 0 Å². The number of nitrogens with two attached hydrogens (primary N) is 1. The van der Waals surface area contributed by atoms with Crippen LogP contribution in [0, 0.1) is 19.8 Å². The van der Waals surface area contributed by atoms with Gasteiger partial charge in [0.1, 0.15) is 0 Å². The molecule has 2 rings (SSSR count). The molecule has 0 heterocycles. The first-order valence-corrected chi connectivity index (χ1v) is 6.75. The number of hydrogen-bond acceptors (Lipinski definition) is 2. The van der Waals surface area contributed by atoms with Gasteiger partial charge in [-0.3, -0.25) is 11.3 Å². The predicted molar refractivity (Wildman–Crippen MR) is 72.6 cm³/mol. The maximum absolute atomic E-state index is 5.77. The van der Waals surface area contributed by atoms with Crippen molar-refractivity contribution >= 4 is 0 Å². The highest BCUT2D eigenvalue weighted by Crippen LogP contribution is 2.34. The molecule has 1 aliphatic rings. The van der Waals surface area contributed by atoms with E-state index in [1.54, 1.807) is 0 Å². The van der Waals surface area contributed by atoms with E-state index < -0.39 is 0 Å². The van der Waals surface area contributed by atoms with E-state index >= 15 is 0 Å². The van der Waals surface area contributed by atoms with Gasteiger partial charge in [-0.2, -0.15) is 0 Å². The number of hydrogen-bond donors (Lipinski definition) is 2. The molecule has 2 heteroatoms. The quantitative estimate of drug-likeness (QED) is 0.619. The van der Waals surface area contributed by atoms with Crippen molar-refractivity contribution in [1.82, 2.24) is 5.43 Å². The topological polar surface area (TPSA) is 38.0 Å². The highest BCUT2D eigenvalue weighted by molar-refractivity contribution is 5.32. The molecule has 1 aliphatic carbocycles. The summed E-state index contributed by atoms with van der Waals surface area (Å²) >= 11 is 0. The molecule has 0 amide bonds. The Bertz CT molecular complexity index is 367. The third kappa shape index (κ3) is 2.88. The minimum atomic E-state index is 0.328. The molecule has 0 aromatic heterocycles. The van der Waals surface area contributed by atoms with Gasteiger partial charge in [0, 0.05) is 6.04 Å². The first kappa shape index (κ1) is 12.6. The molecule has 0 radical (unpaired) electrons. The van der Waals surface area contributed by atoms with Crippen molar-refractivity contribution in [2.45, 2.75) is 52.0 Å². The highest BCUT2D eigenvalue weighted by atomic mass is 15.2. The second kappa shape index (κ2) is 5.65. The van der Waals surface area contributed by atoms with Gasteiger partial charge in [0.25, 0.3) is 0 Å². The van der Waals surface area contributed by atoms with Crippen LogP contribution in [0.1, 0.15) is 54.8 Å². The van der Waals surface area contributed by atoms with E-state index in [-0.39, 0.29) is 0 Å². The van der Waals surface area contributed by atoms with E-state index in [9.17, 15) is 0 Å². The molecule has 1 unspecified atom stereocenters. The molecular weight excluding hydrogens is 208 g/mol. The lowest BCUT2D eigenvalue weighted by Gasteiger charge is -2.30. The van der Waals surface area contributed by atoms with Crippen molar-refractivity contribution in [3.8, 4) is 0 Å². The zero-order valence-corrected chi connectivity index (χ0v) is 11.0. The van der Waals surface area contributed by atoms with E-state index in [4.69, 9.17) is 5.84 Å². The van der Waals surface area contributed by atoms with Crippen LogP contribution in [0.3, 0.4) is 0 Å². The zero-order chi connectivity index (χ0) is 12.3. The number of hydrazine groups is 1. The van der Waals surface area contributed by atoms with E-state index in [2.05, 4.69) is 37.5 Å². The molecule has 1 aromatic rings. The highest BCUT2D eigenvalue weighted by Gasteiger charge is 2.24. The Morgan fingerprint density at radius 1 is 1.12 bits per heavy atom. The van der Waals surface area contributed by atoms with Crippen LogP contribution < -0.4 is 11.3 Å². The van der Waals surface area contributed by atoms with Crippen molar-refractivity contribution in [3.05, 3.63) is 34.9 Å². The summed E-state index contributed by atoms with van der Waals surface area (Å²) in [5.41, 5.74) is 7.10. The molecule has 0 bridgehead atoms. The van der Waals surface area contributed by atoms with Gasteiger partial charge in [-0.25, -0.2) is 0 Å². The van der Waals surface area contributed by atoms with Crippen molar-refractivity contribution < 1.29 is 0 Å². The Balaban J connectivity index is 2.18. The summed E-state index contributed by atoms with van der Waals surface area (Å²) < 4.78 is 0. The van der Waals surface area contributed by atoms with Crippen LogP contribution in [0.25, 0.3) is 0 Å². The normalized spacial score (nSPS) is 19.2. The lowest BCUT2D eigenvalue weighted by atomic mass is 9.81. The average Bonchev–Trinajstić information content (AvgIpc) is 2.36. The Hall–Kier alpha value is -0.860. The number of aryl methyl sites for hydroxylation is 2. The molecular formula is C15H24N2. The smallest absolute Gasteiger partial charge is 0.0488 e. The summed E-state index contributed by atoms with van der Waals surface area (Å²) in [7, 11) is 0. The molecule has 1 aromatic carbocycles. The number of benzene rings is 1.